The smallest absolute Gasteiger partial charge is 0.209 e. The Morgan fingerprint density at radius 2 is 2.05 bits per heavy atom. The van der Waals surface area contributed by atoms with E-state index >= 15 is 0 Å². The van der Waals surface area contributed by atoms with Gasteiger partial charge in [0.25, 0.3) is 0 Å². The highest BCUT2D eigenvalue weighted by Crippen LogP contribution is 2.21. The van der Waals surface area contributed by atoms with Crippen LogP contribution in [0.1, 0.15) is 39.4 Å². The van der Waals surface area contributed by atoms with Gasteiger partial charge in [0, 0.05) is 12.1 Å². The van der Waals surface area contributed by atoms with Crippen LogP contribution < -0.4 is 4.72 Å². The van der Waals surface area contributed by atoms with Crippen LogP contribution in [0.2, 0.25) is 0 Å². The molecule has 1 rings (SSSR count). The Balaban J connectivity index is 2.69. The van der Waals surface area contributed by atoms with E-state index in [2.05, 4.69) is 27.2 Å². The Bertz CT molecular complexity index is 509. The third kappa shape index (κ3) is 5.65. The first-order valence-corrected chi connectivity index (χ1v) is 8.24. The molecule has 7 nitrogen and oxygen atoms in total. The second kappa shape index (κ2) is 5.96. The standard InChI is InChI=1S/C11H23N5O2S/c1-6-10(8-16-9(2)12-14-15-16)7-11(3,4)13-19(5,17)18/h10,13H,6-8H2,1-5H3. The SMILES string of the molecule is CCC(Cn1nnnc1C)CC(C)(C)NS(C)(=O)=O. The third-order valence-corrected chi connectivity index (χ3v) is 3.90. The van der Waals surface area contributed by atoms with Crippen molar-refractivity contribution in [2.24, 2.45) is 5.92 Å². The zero-order chi connectivity index (χ0) is 14.7. The molecule has 0 aliphatic heterocycles. The summed E-state index contributed by atoms with van der Waals surface area (Å²) in [5.74, 6) is 1.08. The van der Waals surface area contributed by atoms with Crippen molar-refractivity contribution in [3.8, 4) is 0 Å². The topological polar surface area (TPSA) is 89.8 Å². The maximum atomic E-state index is 11.3. The first kappa shape index (κ1) is 16.0. The molecule has 110 valence electrons. The van der Waals surface area contributed by atoms with Gasteiger partial charge in [0.2, 0.25) is 10.0 Å². The van der Waals surface area contributed by atoms with Crippen molar-refractivity contribution < 1.29 is 8.42 Å². The van der Waals surface area contributed by atoms with Crippen molar-refractivity contribution in [1.29, 1.82) is 0 Å². The maximum Gasteiger partial charge on any atom is 0.209 e. The summed E-state index contributed by atoms with van der Waals surface area (Å²) in [6.07, 6.45) is 2.85. The van der Waals surface area contributed by atoms with Gasteiger partial charge in [-0.25, -0.2) is 17.8 Å². The molecule has 0 fully saturated rings. The van der Waals surface area contributed by atoms with E-state index in [1.54, 1.807) is 4.68 Å². The fraction of sp³-hybridized carbons (Fsp3) is 0.909. The van der Waals surface area contributed by atoms with Gasteiger partial charge in [-0.05, 0) is 43.5 Å². The van der Waals surface area contributed by atoms with Gasteiger partial charge < -0.3 is 0 Å². The summed E-state index contributed by atoms with van der Waals surface area (Å²) in [5.41, 5.74) is -0.476. The van der Waals surface area contributed by atoms with Crippen LogP contribution in [0.25, 0.3) is 0 Å². The molecular formula is C11H23N5O2S. The number of tetrazole rings is 1. The normalized spacial score (nSPS) is 14.6. The third-order valence-electron chi connectivity index (χ3n) is 2.98. The molecule has 8 heteroatoms. The highest BCUT2D eigenvalue weighted by atomic mass is 32.2. The molecule has 0 saturated heterocycles. The molecule has 1 heterocycles. The van der Waals surface area contributed by atoms with Crippen molar-refractivity contribution in [2.75, 3.05) is 6.26 Å². The molecule has 0 aromatic carbocycles. The average Bonchev–Trinajstić information content (AvgIpc) is 2.59. The Hall–Kier alpha value is -1.02. The van der Waals surface area contributed by atoms with Gasteiger partial charge in [-0.15, -0.1) is 5.10 Å². The van der Waals surface area contributed by atoms with E-state index in [-0.39, 0.29) is 0 Å². The zero-order valence-corrected chi connectivity index (χ0v) is 13.0. The molecule has 1 aromatic rings. The fourth-order valence-corrected chi connectivity index (χ4v) is 3.35. The van der Waals surface area contributed by atoms with Crippen molar-refractivity contribution in [3.05, 3.63) is 5.82 Å². The van der Waals surface area contributed by atoms with E-state index in [4.69, 9.17) is 0 Å². The lowest BCUT2D eigenvalue weighted by atomic mass is 9.90. The van der Waals surface area contributed by atoms with E-state index in [9.17, 15) is 8.42 Å². The van der Waals surface area contributed by atoms with Gasteiger partial charge in [0.1, 0.15) is 5.82 Å². The quantitative estimate of drug-likeness (QED) is 0.799. The zero-order valence-electron chi connectivity index (χ0n) is 12.2. The molecule has 0 aliphatic carbocycles. The first-order chi connectivity index (χ1) is 8.63. The van der Waals surface area contributed by atoms with Crippen LogP contribution >= 0.6 is 0 Å². The number of sulfonamides is 1. The molecule has 0 saturated carbocycles. The molecule has 0 aliphatic rings. The van der Waals surface area contributed by atoms with Gasteiger partial charge >= 0.3 is 0 Å². The summed E-state index contributed by atoms with van der Waals surface area (Å²) in [7, 11) is -3.20. The lowest BCUT2D eigenvalue weighted by Crippen LogP contribution is -2.44. The number of hydrogen-bond donors (Lipinski definition) is 1. The molecule has 1 atom stereocenters. The van der Waals surface area contributed by atoms with Crippen molar-refractivity contribution >= 4 is 10.0 Å². The van der Waals surface area contributed by atoms with Gasteiger partial charge in [-0.2, -0.15) is 0 Å². The number of aromatic nitrogens is 4. The first-order valence-electron chi connectivity index (χ1n) is 6.34. The maximum absolute atomic E-state index is 11.3. The molecule has 19 heavy (non-hydrogen) atoms. The second-order valence-corrected chi connectivity index (χ2v) is 7.39. The van der Waals surface area contributed by atoms with E-state index in [1.165, 1.54) is 6.26 Å². The minimum absolute atomic E-state index is 0.312. The van der Waals surface area contributed by atoms with Crippen LogP contribution in [-0.4, -0.2) is 40.4 Å². The van der Waals surface area contributed by atoms with E-state index in [0.29, 0.717) is 12.5 Å². The lowest BCUT2D eigenvalue weighted by Gasteiger charge is -2.29. The average molecular weight is 289 g/mol. The van der Waals surface area contributed by atoms with Crippen LogP contribution in [0, 0.1) is 12.8 Å². The Morgan fingerprint density at radius 3 is 2.47 bits per heavy atom. The molecule has 0 spiro atoms. The lowest BCUT2D eigenvalue weighted by molar-refractivity contribution is 0.288. The van der Waals surface area contributed by atoms with Crippen LogP contribution in [0.4, 0.5) is 0 Å². The predicted molar refractivity (Wildman–Crippen MR) is 73.0 cm³/mol. The second-order valence-electron chi connectivity index (χ2n) is 5.64. The summed E-state index contributed by atoms with van der Waals surface area (Å²) < 4.78 is 27.1. The number of nitrogens with zero attached hydrogens (tertiary/aromatic N) is 4. The molecule has 1 aromatic heterocycles. The minimum Gasteiger partial charge on any atom is -0.230 e. The minimum atomic E-state index is -3.20. The van der Waals surface area contributed by atoms with Crippen LogP contribution in [0.15, 0.2) is 0 Å². The monoisotopic (exact) mass is 289 g/mol. The Morgan fingerprint density at radius 1 is 1.42 bits per heavy atom. The Kier molecular flexibility index (Phi) is 5.03. The van der Waals surface area contributed by atoms with E-state index in [1.807, 2.05) is 20.8 Å². The van der Waals surface area contributed by atoms with Crippen LogP contribution in [-0.2, 0) is 16.6 Å². The summed E-state index contributed by atoms with van der Waals surface area (Å²) in [6, 6.07) is 0. The highest BCUT2D eigenvalue weighted by molar-refractivity contribution is 7.88. The van der Waals surface area contributed by atoms with Crippen LogP contribution in [0.3, 0.4) is 0 Å². The van der Waals surface area contributed by atoms with Crippen LogP contribution in [0.5, 0.6) is 0 Å². The van der Waals surface area contributed by atoms with Gasteiger partial charge in [-0.3, -0.25) is 0 Å². The number of rotatable bonds is 7. The van der Waals surface area contributed by atoms with Crippen molar-refractivity contribution in [2.45, 2.75) is 52.6 Å². The molecule has 1 N–H and O–H groups in total. The fourth-order valence-electron chi connectivity index (χ4n) is 2.27. The summed E-state index contributed by atoms with van der Waals surface area (Å²) >= 11 is 0. The largest absolute Gasteiger partial charge is 0.230 e. The Labute approximate surface area is 114 Å². The van der Waals surface area contributed by atoms with Crippen molar-refractivity contribution in [1.82, 2.24) is 24.9 Å². The molecular weight excluding hydrogens is 266 g/mol. The molecule has 0 amide bonds. The summed E-state index contributed by atoms with van der Waals surface area (Å²) in [4.78, 5) is 0. The predicted octanol–water partition coefficient (Wildman–Crippen LogP) is 0.726. The van der Waals surface area contributed by atoms with Gasteiger partial charge in [-0.1, -0.05) is 13.3 Å². The van der Waals surface area contributed by atoms with Gasteiger partial charge in [0.15, 0.2) is 0 Å². The molecule has 1 unspecified atom stereocenters. The van der Waals surface area contributed by atoms with E-state index in [0.717, 1.165) is 18.7 Å². The number of nitrogens with one attached hydrogen (secondary N) is 1. The number of aryl methyl sites for hydroxylation is 1. The number of hydrogen-bond acceptors (Lipinski definition) is 5. The van der Waals surface area contributed by atoms with E-state index < -0.39 is 15.6 Å². The van der Waals surface area contributed by atoms with Gasteiger partial charge in [0.05, 0.1) is 6.26 Å². The molecule has 0 radical (unpaired) electrons. The molecule has 0 bridgehead atoms. The summed E-state index contributed by atoms with van der Waals surface area (Å²) in [6.45, 7) is 8.42. The highest BCUT2D eigenvalue weighted by Gasteiger charge is 2.26. The van der Waals surface area contributed by atoms with Crippen molar-refractivity contribution in [3.63, 3.8) is 0 Å². The summed E-state index contributed by atoms with van der Waals surface area (Å²) in [5, 5.41) is 11.4.